The summed E-state index contributed by atoms with van der Waals surface area (Å²) in [5.74, 6) is 1.29. The summed E-state index contributed by atoms with van der Waals surface area (Å²) < 4.78 is 10.8. The van der Waals surface area contributed by atoms with E-state index in [1.54, 1.807) is 31.4 Å². The Labute approximate surface area is 206 Å². The summed E-state index contributed by atoms with van der Waals surface area (Å²) in [6, 6.07) is 20.8. The zero-order valence-electron chi connectivity index (χ0n) is 20.4. The van der Waals surface area contributed by atoms with Crippen LogP contribution in [0.2, 0.25) is 0 Å². The molecule has 1 heterocycles. The van der Waals surface area contributed by atoms with E-state index in [0.29, 0.717) is 18.7 Å². The first-order valence-electron chi connectivity index (χ1n) is 11.7. The highest BCUT2D eigenvalue weighted by atomic mass is 16.5. The molecule has 35 heavy (non-hydrogen) atoms. The Hall–Kier alpha value is -4.00. The summed E-state index contributed by atoms with van der Waals surface area (Å²) in [7, 11) is 1.61. The number of benzene rings is 3. The van der Waals surface area contributed by atoms with E-state index in [1.807, 2.05) is 61.2 Å². The molecule has 4 rings (SSSR count). The molecule has 7 heteroatoms. The Kier molecular flexibility index (Phi) is 7.55. The number of anilines is 2. The highest BCUT2D eigenvalue weighted by molar-refractivity contribution is 5.94. The maximum absolute atomic E-state index is 12.8. The van der Waals surface area contributed by atoms with E-state index in [4.69, 9.17) is 9.47 Å². The maximum atomic E-state index is 12.8. The normalized spacial score (nSPS) is 13.3. The molecule has 0 aromatic heterocycles. The fourth-order valence-electron chi connectivity index (χ4n) is 4.06. The predicted molar refractivity (Wildman–Crippen MR) is 138 cm³/mol. The van der Waals surface area contributed by atoms with Gasteiger partial charge in [0.1, 0.15) is 11.5 Å². The molecule has 0 spiro atoms. The van der Waals surface area contributed by atoms with Crippen molar-refractivity contribution in [3.05, 3.63) is 83.4 Å². The standard InChI is InChI=1S/C28H31N3O4/c1-20-5-4-6-26(21(20)2)35-19-27(32)29-23-9-11-24(12-10-23)30-15-17-31(18-16-30)28(33)22-7-13-25(34-3)14-8-22/h4-14H,15-19H2,1-3H3,(H,29,32). The first-order chi connectivity index (χ1) is 16.9. The van der Waals surface area contributed by atoms with Crippen molar-refractivity contribution >= 4 is 23.2 Å². The number of piperazine rings is 1. The first kappa shape index (κ1) is 24.1. The number of amides is 2. The summed E-state index contributed by atoms with van der Waals surface area (Å²) in [5, 5.41) is 2.88. The van der Waals surface area contributed by atoms with Gasteiger partial charge in [-0.15, -0.1) is 0 Å². The Bertz CT molecular complexity index is 1170. The van der Waals surface area contributed by atoms with Crippen molar-refractivity contribution in [2.45, 2.75) is 13.8 Å². The topological polar surface area (TPSA) is 71.1 Å². The Morgan fingerprint density at radius 1 is 0.886 bits per heavy atom. The number of nitrogens with zero attached hydrogens (tertiary/aromatic N) is 2. The molecule has 2 amide bonds. The van der Waals surface area contributed by atoms with Gasteiger partial charge in [-0.25, -0.2) is 0 Å². The summed E-state index contributed by atoms with van der Waals surface area (Å²) in [6.45, 7) is 6.75. The van der Waals surface area contributed by atoms with E-state index >= 15 is 0 Å². The van der Waals surface area contributed by atoms with Crippen LogP contribution in [-0.4, -0.2) is 56.6 Å². The van der Waals surface area contributed by atoms with Gasteiger partial charge in [-0.3, -0.25) is 9.59 Å². The van der Waals surface area contributed by atoms with Gasteiger partial charge in [0.05, 0.1) is 7.11 Å². The van der Waals surface area contributed by atoms with E-state index in [1.165, 1.54) is 0 Å². The zero-order valence-corrected chi connectivity index (χ0v) is 20.4. The smallest absolute Gasteiger partial charge is 0.262 e. The number of methoxy groups -OCH3 is 1. The molecule has 1 fully saturated rings. The highest BCUT2D eigenvalue weighted by Gasteiger charge is 2.22. The van der Waals surface area contributed by atoms with Crippen LogP contribution in [0, 0.1) is 13.8 Å². The van der Waals surface area contributed by atoms with Gasteiger partial charge in [0.2, 0.25) is 0 Å². The summed E-state index contributed by atoms with van der Waals surface area (Å²) in [4.78, 5) is 29.2. The highest BCUT2D eigenvalue weighted by Crippen LogP contribution is 2.22. The molecule has 1 saturated heterocycles. The molecule has 1 aliphatic rings. The Morgan fingerprint density at radius 3 is 2.23 bits per heavy atom. The largest absolute Gasteiger partial charge is 0.497 e. The van der Waals surface area contributed by atoms with Crippen molar-refractivity contribution in [1.82, 2.24) is 4.90 Å². The minimum atomic E-state index is -0.204. The van der Waals surface area contributed by atoms with Crippen LogP contribution in [0.4, 0.5) is 11.4 Å². The lowest BCUT2D eigenvalue weighted by Crippen LogP contribution is -2.48. The fraction of sp³-hybridized carbons (Fsp3) is 0.286. The van der Waals surface area contributed by atoms with E-state index in [-0.39, 0.29) is 18.4 Å². The lowest BCUT2D eigenvalue weighted by atomic mass is 10.1. The first-order valence-corrected chi connectivity index (χ1v) is 11.7. The SMILES string of the molecule is COc1ccc(C(=O)N2CCN(c3ccc(NC(=O)COc4cccc(C)c4C)cc3)CC2)cc1. The molecule has 0 radical (unpaired) electrons. The summed E-state index contributed by atoms with van der Waals surface area (Å²) in [6.07, 6.45) is 0. The lowest BCUT2D eigenvalue weighted by molar-refractivity contribution is -0.118. The Morgan fingerprint density at radius 2 is 1.57 bits per heavy atom. The van der Waals surface area contributed by atoms with Gasteiger partial charge >= 0.3 is 0 Å². The van der Waals surface area contributed by atoms with E-state index < -0.39 is 0 Å². The number of hydrogen-bond donors (Lipinski definition) is 1. The molecule has 7 nitrogen and oxygen atoms in total. The van der Waals surface area contributed by atoms with Crippen LogP contribution < -0.4 is 19.7 Å². The number of aryl methyl sites for hydroxylation is 1. The lowest BCUT2D eigenvalue weighted by Gasteiger charge is -2.36. The molecule has 0 unspecified atom stereocenters. The number of hydrogen-bond acceptors (Lipinski definition) is 5. The van der Waals surface area contributed by atoms with Crippen LogP contribution in [0.5, 0.6) is 11.5 Å². The molecular weight excluding hydrogens is 442 g/mol. The monoisotopic (exact) mass is 473 g/mol. The molecule has 0 aliphatic carbocycles. The van der Waals surface area contributed by atoms with E-state index in [9.17, 15) is 9.59 Å². The third-order valence-corrected chi connectivity index (χ3v) is 6.33. The number of ether oxygens (including phenoxy) is 2. The van der Waals surface area contributed by atoms with Gasteiger partial charge in [0.15, 0.2) is 6.61 Å². The number of carbonyl (C=O) groups excluding carboxylic acids is 2. The third-order valence-electron chi connectivity index (χ3n) is 6.33. The van der Waals surface area contributed by atoms with E-state index in [0.717, 1.165) is 47.1 Å². The molecule has 3 aromatic carbocycles. The molecule has 182 valence electrons. The van der Waals surface area contributed by atoms with Crippen molar-refractivity contribution < 1.29 is 19.1 Å². The van der Waals surface area contributed by atoms with Crippen molar-refractivity contribution in [3.8, 4) is 11.5 Å². The second-order valence-electron chi connectivity index (χ2n) is 8.59. The number of nitrogens with one attached hydrogen (secondary N) is 1. The fourth-order valence-corrected chi connectivity index (χ4v) is 4.06. The average Bonchev–Trinajstić information content (AvgIpc) is 2.90. The van der Waals surface area contributed by atoms with Gasteiger partial charge in [-0.2, -0.15) is 0 Å². The third kappa shape index (κ3) is 5.93. The van der Waals surface area contributed by atoms with Crippen LogP contribution in [0.25, 0.3) is 0 Å². The number of rotatable bonds is 7. The minimum Gasteiger partial charge on any atom is -0.497 e. The molecular formula is C28H31N3O4. The van der Waals surface area contributed by atoms with Crippen LogP contribution >= 0.6 is 0 Å². The molecule has 0 atom stereocenters. The molecule has 1 N–H and O–H groups in total. The number of carbonyl (C=O) groups is 2. The molecule has 0 saturated carbocycles. The van der Waals surface area contributed by atoms with Crippen LogP contribution in [-0.2, 0) is 4.79 Å². The van der Waals surface area contributed by atoms with Crippen LogP contribution in [0.1, 0.15) is 21.5 Å². The average molecular weight is 474 g/mol. The molecule has 0 bridgehead atoms. The van der Waals surface area contributed by atoms with Crippen molar-refractivity contribution in [1.29, 1.82) is 0 Å². The molecule has 3 aromatic rings. The van der Waals surface area contributed by atoms with Gasteiger partial charge in [0, 0.05) is 43.1 Å². The second kappa shape index (κ2) is 11.0. The molecule has 1 aliphatic heterocycles. The second-order valence-corrected chi connectivity index (χ2v) is 8.59. The van der Waals surface area contributed by atoms with Crippen molar-refractivity contribution in [3.63, 3.8) is 0 Å². The Balaban J connectivity index is 1.26. The minimum absolute atomic E-state index is 0.0356. The maximum Gasteiger partial charge on any atom is 0.262 e. The predicted octanol–water partition coefficient (Wildman–Crippen LogP) is 4.29. The van der Waals surface area contributed by atoms with Gasteiger partial charge in [-0.05, 0) is 79.6 Å². The van der Waals surface area contributed by atoms with E-state index in [2.05, 4.69) is 10.2 Å². The summed E-state index contributed by atoms with van der Waals surface area (Å²) >= 11 is 0. The van der Waals surface area contributed by atoms with Crippen molar-refractivity contribution in [2.75, 3.05) is 50.1 Å². The quantitative estimate of drug-likeness (QED) is 0.554. The van der Waals surface area contributed by atoms with Gasteiger partial charge < -0.3 is 24.6 Å². The van der Waals surface area contributed by atoms with Gasteiger partial charge in [0.25, 0.3) is 11.8 Å². The van der Waals surface area contributed by atoms with Crippen LogP contribution in [0.15, 0.2) is 66.7 Å². The zero-order chi connectivity index (χ0) is 24.8. The summed E-state index contributed by atoms with van der Waals surface area (Å²) in [5.41, 5.74) is 4.61. The van der Waals surface area contributed by atoms with Crippen molar-refractivity contribution in [2.24, 2.45) is 0 Å². The van der Waals surface area contributed by atoms with Crippen LogP contribution in [0.3, 0.4) is 0 Å². The van der Waals surface area contributed by atoms with Gasteiger partial charge in [-0.1, -0.05) is 12.1 Å².